The predicted molar refractivity (Wildman–Crippen MR) is 48.9 cm³/mol. The number of hydrogen-bond donors (Lipinski definition) is 1. The van der Waals surface area contributed by atoms with E-state index in [-0.39, 0.29) is 6.10 Å². The number of hydrogen-bond acceptors (Lipinski definition) is 2. The topological polar surface area (TPSA) is 23.5 Å². The Labute approximate surface area is 74.6 Å². The third-order valence-electron chi connectivity index (χ3n) is 3.58. The molecule has 1 saturated heterocycles. The monoisotopic (exact) mass is 169 g/mol. The Hall–Kier alpha value is -0.0800. The summed E-state index contributed by atoms with van der Waals surface area (Å²) in [7, 11) is 0. The summed E-state index contributed by atoms with van der Waals surface area (Å²) >= 11 is 0. The molecular formula is C10H19NO. The highest BCUT2D eigenvalue weighted by Gasteiger charge is 2.42. The average Bonchev–Trinajstić information content (AvgIpc) is 2.53. The largest absolute Gasteiger partial charge is 0.393 e. The van der Waals surface area contributed by atoms with Crippen molar-refractivity contribution in [3.05, 3.63) is 0 Å². The molecule has 70 valence electrons. The molecule has 2 fully saturated rings. The van der Waals surface area contributed by atoms with Gasteiger partial charge in [0, 0.05) is 25.0 Å². The van der Waals surface area contributed by atoms with Crippen molar-refractivity contribution in [3.8, 4) is 0 Å². The minimum Gasteiger partial charge on any atom is -0.393 e. The van der Waals surface area contributed by atoms with Crippen LogP contribution in [0.25, 0.3) is 0 Å². The number of aliphatic hydroxyl groups is 1. The molecule has 1 aliphatic carbocycles. The summed E-state index contributed by atoms with van der Waals surface area (Å²) in [4.78, 5) is 2.50. The number of likely N-dealkylation sites (tertiary alicyclic amines) is 1. The Bertz CT molecular complexity index is 169. The maximum Gasteiger partial charge on any atom is 0.0583 e. The summed E-state index contributed by atoms with van der Waals surface area (Å²) in [5.41, 5.74) is 0. The smallest absolute Gasteiger partial charge is 0.0583 e. The highest BCUT2D eigenvalue weighted by Crippen LogP contribution is 2.38. The van der Waals surface area contributed by atoms with Crippen LogP contribution in [-0.4, -0.2) is 35.2 Å². The minimum atomic E-state index is -0.00116. The van der Waals surface area contributed by atoms with Gasteiger partial charge in [0.2, 0.25) is 0 Å². The highest BCUT2D eigenvalue weighted by molar-refractivity contribution is 4.94. The van der Waals surface area contributed by atoms with Crippen molar-refractivity contribution in [1.29, 1.82) is 0 Å². The Morgan fingerprint density at radius 1 is 1.25 bits per heavy atom. The van der Waals surface area contributed by atoms with Gasteiger partial charge in [0.25, 0.3) is 0 Å². The Morgan fingerprint density at radius 2 is 2.00 bits per heavy atom. The van der Waals surface area contributed by atoms with Gasteiger partial charge in [-0.15, -0.1) is 0 Å². The first kappa shape index (κ1) is 8.52. The quantitative estimate of drug-likeness (QED) is 0.635. The second-order valence-electron chi connectivity index (χ2n) is 4.62. The molecule has 12 heavy (non-hydrogen) atoms. The van der Waals surface area contributed by atoms with E-state index in [2.05, 4.69) is 18.7 Å². The maximum absolute atomic E-state index is 9.67. The van der Waals surface area contributed by atoms with E-state index in [9.17, 15) is 5.11 Å². The van der Waals surface area contributed by atoms with Crippen LogP contribution in [0, 0.1) is 11.8 Å². The number of fused-ring (bicyclic) bond motifs is 1. The minimum absolute atomic E-state index is 0.00116. The van der Waals surface area contributed by atoms with Gasteiger partial charge in [0.15, 0.2) is 0 Å². The van der Waals surface area contributed by atoms with Crippen molar-refractivity contribution < 1.29 is 5.11 Å². The van der Waals surface area contributed by atoms with Gasteiger partial charge in [0.1, 0.15) is 0 Å². The molecule has 0 radical (unpaired) electrons. The van der Waals surface area contributed by atoms with E-state index in [1.54, 1.807) is 0 Å². The normalized spacial score (nSPS) is 42.5. The lowest BCUT2D eigenvalue weighted by molar-refractivity contribution is 0.120. The van der Waals surface area contributed by atoms with Gasteiger partial charge in [-0.25, -0.2) is 0 Å². The van der Waals surface area contributed by atoms with Gasteiger partial charge >= 0.3 is 0 Å². The summed E-state index contributed by atoms with van der Waals surface area (Å²) < 4.78 is 0. The van der Waals surface area contributed by atoms with Gasteiger partial charge in [-0.1, -0.05) is 0 Å². The summed E-state index contributed by atoms with van der Waals surface area (Å²) in [6.07, 6.45) is 2.29. The lowest BCUT2D eigenvalue weighted by Crippen LogP contribution is -2.30. The third-order valence-corrected chi connectivity index (χ3v) is 3.58. The number of rotatable bonds is 1. The fourth-order valence-electron chi connectivity index (χ4n) is 2.69. The van der Waals surface area contributed by atoms with E-state index < -0.39 is 0 Å². The van der Waals surface area contributed by atoms with Crippen LogP contribution in [0.5, 0.6) is 0 Å². The first-order valence-electron chi connectivity index (χ1n) is 5.10. The molecule has 1 saturated carbocycles. The Balaban J connectivity index is 1.98. The van der Waals surface area contributed by atoms with E-state index in [1.807, 2.05) is 0 Å². The third kappa shape index (κ3) is 1.27. The van der Waals surface area contributed by atoms with Crippen molar-refractivity contribution in [2.24, 2.45) is 11.8 Å². The first-order valence-corrected chi connectivity index (χ1v) is 5.10. The van der Waals surface area contributed by atoms with Crippen LogP contribution in [0.1, 0.15) is 26.7 Å². The van der Waals surface area contributed by atoms with Crippen molar-refractivity contribution in [2.75, 3.05) is 13.1 Å². The second-order valence-corrected chi connectivity index (χ2v) is 4.62. The number of aliphatic hydroxyl groups excluding tert-OH is 1. The second kappa shape index (κ2) is 3.00. The molecule has 1 N–H and O–H groups in total. The summed E-state index contributed by atoms with van der Waals surface area (Å²) in [5, 5.41) is 9.67. The van der Waals surface area contributed by atoms with Gasteiger partial charge in [0.05, 0.1) is 6.10 Å². The first-order chi connectivity index (χ1) is 5.68. The average molecular weight is 169 g/mol. The lowest BCUT2D eigenvalue weighted by Gasteiger charge is -2.21. The molecule has 3 atom stereocenters. The SMILES string of the molecule is CC(C)N1CC2CCC(O)C2C1. The Morgan fingerprint density at radius 3 is 2.58 bits per heavy atom. The van der Waals surface area contributed by atoms with Gasteiger partial charge in [-0.3, -0.25) is 0 Å². The molecule has 0 aromatic carbocycles. The van der Waals surface area contributed by atoms with Crippen LogP contribution in [0.15, 0.2) is 0 Å². The molecule has 2 nitrogen and oxygen atoms in total. The van der Waals surface area contributed by atoms with Crippen molar-refractivity contribution in [2.45, 2.75) is 38.8 Å². The molecular weight excluding hydrogens is 150 g/mol. The van der Waals surface area contributed by atoms with Crippen LogP contribution in [0.2, 0.25) is 0 Å². The maximum atomic E-state index is 9.67. The van der Waals surface area contributed by atoms with Crippen LogP contribution in [0.3, 0.4) is 0 Å². The van der Waals surface area contributed by atoms with E-state index >= 15 is 0 Å². The van der Waals surface area contributed by atoms with Gasteiger partial charge in [-0.2, -0.15) is 0 Å². The van der Waals surface area contributed by atoms with E-state index in [0.717, 1.165) is 18.9 Å². The zero-order valence-electron chi connectivity index (χ0n) is 8.03. The Kier molecular flexibility index (Phi) is 2.13. The van der Waals surface area contributed by atoms with Crippen molar-refractivity contribution >= 4 is 0 Å². The lowest BCUT2D eigenvalue weighted by atomic mass is 10.00. The van der Waals surface area contributed by atoms with Crippen LogP contribution in [-0.2, 0) is 0 Å². The van der Waals surface area contributed by atoms with Gasteiger partial charge in [-0.05, 0) is 32.6 Å². The molecule has 0 bridgehead atoms. The molecule has 0 aromatic heterocycles. The number of nitrogens with zero attached hydrogens (tertiary/aromatic N) is 1. The molecule has 2 heteroatoms. The molecule has 2 rings (SSSR count). The van der Waals surface area contributed by atoms with E-state index in [0.29, 0.717) is 12.0 Å². The molecule has 1 aliphatic heterocycles. The summed E-state index contributed by atoms with van der Waals surface area (Å²) in [5.74, 6) is 1.38. The molecule has 0 spiro atoms. The van der Waals surface area contributed by atoms with Crippen LogP contribution in [0.4, 0.5) is 0 Å². The molecule has 2 aliphatic rings. The molecule has 3 unspecified atom stereocenters. The fourth-order valence-corrected chi connectivity index (χ4v) is 2.69. The summed E-state index contributed by atoms with van der Waals surface area (Å²) in [6, 6.07) is 0.655. The fraction of sp³-hybridized carbons (Fsp3) is 1.00. The standard InChI is InChI=1S/C10H19NO/c1-7(2)11-5-8-3-4-10(12)9(8)6-11/h7-10,12H,3-6H2,1-2H3. The van der Waals surface area contributed by atoms with Crippen LogP contribution < -0.4 is 0 Å². The van der Waals surface area contributed by atoms with E-state index in [1.165, 1.54) is 13.0 Å². The van der Waals surface area contributed by atoms with E-state index in [4.69, 9.17) is 0 Å². The summed E-state index contributed by atoms with van der Waals surface area (Å²) in [6.45, 7) is 6.84. The molecule has 0 amide bonds. The van der Waals surface area contributed by atoms with Gasteiger partial charge < -0.3 is 10.0 Å². The van der Waals surface area contributed by atoms with Crippen LogP contribution >= 0.6 is 0 Å². The highest BCUT2D eigenvalue weighted by atomic mass is 16.3. The zero-order valence-corrected chi connectivity index (χ0v) is 8.03. The van der Waals surface area contributed by atoms with Crippen molar-refractivity contribution in [1.82, 2.24) is 4.90 Å². The predicted octanol–water partition coefficient (Wildman–Crippen LogP) is 1.10. The molecule has 0 aromatic rings. The zero-order chi connectivity index (χ0) is 8.72. The van der Waals surface area contributed by atoms with Crippen molar-refractivity contribution in [3.63, 3.8) is 0 Å². The molecule has 1 heterocycles.